The van der Waals surface area contributed by atoms with Crippen molar-refractivity contribution in [1.29, 1.82) is 0 Å². The summed E-state index contributed by atoms with van der Waals surface area (Å²) in [7, 11) is 1.62. The number of aliphatic hydroxyl groups excluding tert-OH is 1. The molecule has 0 radical (unpaired) electrons. The minimum Gasteiger partial charge on any atom is -0.387 e. The summed E-state index contributed by atoms with van der Waals surface area (Å²) in [5.41, 5.74) is 0. The fraction of sp³-hybridized carbons (Fsp3) is 0.914. The molecule has 0 saturated heterocycles. The fourth-order valence-electron chi connectivity index (χ4n) is 5.28. The molecular weight excluding hydrogens is 482 g/mol. The third-order valence-corrected chi connectivity index (χ3v) is 7.92. The average molecular weight is 552 g/mol. The molecule has 0 saturated carbocycles. The summed E-state index contributed by atoms with van der Waals surface area (Å²) in [6, 6.07) is -0.377. The van der Waals surface area contributed by atoms with Crippen LogP contribution in [0.4, 0.5) is 0 Å². The van der Waals surface area contributed by atoms with E-state index in [4.69, 9.17) is 4.74 Å². The van der Waals surface area contributed by atoms with E-state index in [0.717, 1.165) is 19.3 Å². The van der Waals surface area contributed by atoms with Gasteiger partial charge in [0.2, 0.25) is 5.91 Å². The monoisotopic (exact) mass is 552 g/mol. The van der Waals surface area contributed by atoms with Gasteiger partial charge in [-0.25, -0.2) is 0 Å². The van der Waals surface area contributed by atoms with Crippen LogP contribution in [0.25, 0.3) is 0 Å². The second-order valence-corrected chi connectivity index (χ2v) is 11.9. The number of carbonyl (C=O) groups excluding carboxylic acids is 1. The van der Waals surface area contributed by atoms with Crippen molar-refractivity contribution in [1.82, 2.24) is 5.32 Å². The van der Waals surface area contributed by atoms with Gasteiger partial charge in [0.25, 0.3) is 0 Å². The van der Waals surface area contributed by atoms with Gasteiger partial charge in [-0.3, -0.25) is 4.79 Å². The lowest BCUT2D eigenvalue weighted by Crippen LogP contribution is -2.45. The van der Waals surface area contributed by atoms with Gasteiger partial charge in [-0.1, -0.05) is 167 Å². The number of hydrogen-bond acceptors (Lipinski definition) is 3. The average Bonchev–Trinajstić information content (AvgIpc) is 2.93. The SMILES string of the molecule is CCCCCCCCCCCCCC=CC(O)C(COC)NC(=O)CCCCCCCCCCCCCCC. The molecule has 4 heteroatoms. The Balaban J connectivity index is 3.75. The standard InChI is InChI=1S/C35H69NO3/c1-4-6-8-10-12-14-16-18-20-22-24-26-28-30-34(37)33(32-39-3)36-35(38)31-29-27-25-23-21-19-17-15-13-11-9-7-5-2/h28,30,33-34,37H,4-27,29,31-32H2,1-3H3,(H,36,38). The Bertz CT molecular complexity index is 522. The number of unbranched alkanes of at least 4 members (excludes halogenated alkanes) is 23. The molecule has 2 N–H and O–H groups in total. The molecule has 0 fully saturated rings. The number of nitrogens with one attached hydrogen (secondary N) is 1. The smallest absolute Gasteiger partial charge is 0.220 e. The summed E-state index contributed by atoms with van der Waals surface area (Å²) in [4.78, 5) is 12.4. The molecule has 0 aliphatic rings. The van der Waals surface area contributed by atoms with Gasteiger partial charge < -0.3 is 15.2 Å². The molecular formula is C35H69NO3. The zero-order valence-electron chi connectivity index (χ0n) is 26.7. The van der Waals surface area contributed by atoms with Crippen LogP contribution in [-0.4, -0.2) is 36.9 Å². The molecule has 0 aromatic carbocycles. The normalized spacial score (nSPS) is 13.2. The van der Waals surface area contributed by atoms with E-state index in [2.05, 4.69) is 25.2 Å². The number of carbonyl (C=O) groups is 1. The zero-order valence-corrected chi connectivity index (χ0v) is 26.7. The first-order valence-corrected chi connectivity index (χ1v) is 17.3. The van der Waals surface area contributed by atoms with Crippen LogP contribution in [0.5, 0.6) is 0 Å². The lowest BCUT2D eigenvalue weighted by atomic mass is 10.0. The van der Waals surface area contributed by atoms with Crippen LogP contribution in [0.15, 0.2) is 12.2 Å². The molecule has 0 heterocycles. The number of amides is 1. The second-order valence-electron chi connectivity index (χ2n) is 11.9. The quantitative estimate of drug-likeness (QED) is 0.0665. The maximum Gasteiger partial charge on any atom is 0.220 e. The third kappa shape index (κ3) is 28.5. The third-order valence-electron chi connectivity index (χ3n) is 7.92. The molecule has 0 bridgehead atoms. The maximum atomic E-state index is 12.4. The van der Waals surface area contributed by atoms with Gasteiger partial charge in [0.15, 0.2) is 0 Å². The molecule has 0 aromatic heterocycles. The van der Waals surface area contributed by atoms with Crippen molar-refractivity contribution in [3.05, 3.63) is 12.2 Å². The van der Waals surface area contributed by atoms with Crippen molar-refractivity contribution in [2.75, 3.05) is 13.7 Å². The number of allylic oxidation sites excluding steroid dienone is 1. The Morgan fingerprint density at radius 2 is 1.03 bits per heavy atom. The van der Waals surface area contributed by atoms with Crippen molar-refractivity contribution in [3.8, 4) is 0 Å². The van der Waals surface area contributed by atoms with Crippen LogP contribution >= 0.6 is 0 Å². The van der Waals surface area contributed by atoms with Crippen molar-refractivity contribution in [3.63, 3.8) is 0 Å². The molecule has 0 aliphatic heterocycles. The summed E-state index contributed by atoms with van der Waals surface area (Å²) in [5.74, 6) is 0.0259. The minimum atomic E-state index is -0.701. The van der Waals surface area contributed by atoms with E-state index in [1.807, 2.05) is 6.08 Å². The van der Waals surface area contributed by atoms with Crippen LogP contribution in [-0.2, 0) is 9.53 Å². The molecule has 2 unspecified atom stereocenters. The second kappa shape index (κ2) is 31.7. The lowest BCUT2D eigenvalue weighted by molar-refractivity contribution is -0.123. The topological polar surface area (TPSA) is 58.6 Å². The summed E-state index contributed by atoms with van der Waals surface area (Å²) < 4.78 is 5.26. The maximum absolute atomic E-state index is 12.4. The van der Waals surface area contributed by atoms with Crippen LogP contribution in [0.2, 0.25) is 0 Å². The Labute approximate surface area is 244 Å². The molecule has 2 atom stereocenters. The minimum absolute atomic E-state index is 0.0259. The van der Waals surface area contributed by atoms with Crippen LogP contribution in [0.3, 0.4) is 0 Å². The molecule has 4 nitrogen and oxygen atoms in total. The summed E-state index contributed by atoms with van der Waals surface area (Å²) in [5, 5.41) is 13.6. The largest absolute Gasteiger partial charge is 0.387 e. The van der Waals surface area contributed by atoms with Crippen molar-refractivity contribution >= 4 is 5.91 Å². The summed E-state index contributed by atoms with van der Waals surface area (Å²) in [6.45, 7) is 4.87. The van der Waals surface area contributed by atoms with E-state index < -0.39 is 6.10 Å². The first kappa shape index (κ1) is 38.1. The Hall–Kier alpha value is -0.870. The Morgan fingerprint density at radius 1 is 0.641 bits per heavy atom. The van der Waals surface area contributed by atoms with Crippen molar-refractivity contribution in [2.24, 2.45) is 0 Å². The van der Waals surface area contributed by atoms with Crippen LogP contribution in [0, 0.1) is 0 Å². The zero-order chi connectivity index (χ0) is 28.7. The number of rotatable bonds is 31. The van der Waals surface area contributed by atoms with E-state index >= 15 is 0 Å². The molecule has 232 valence electrons. The van der Waals surface area contributed by atoms with Gasteiger partial charge in [-0.2, -0.15) is 0 Å². The first-order valence-electron chi connectivity index (χ1n) is 17.3. The van der Waals surface area contributed by atoms with Gasteiger partial charge >= 0.3 is 0 Å². The lowest BCUT2D eigenvalue weighted by Gasteiger charge is -2.21. The molecule has 0 spiro atoms. The van der Waals surface area contributed by atoms with Crippen LogP contribution in [0.1, 0.15) is 181 Å². The van der Waals surface area contributed by atoms with Gasteiger partial charge in [0.1, 0.15) is 0 Å². The van der Waals surface area contributed by atoms with Gasteiger partial charge in [-0.15, -0.1) is 0 Å². The van der Waals surface area contributed by atoms with Crippen molar-refractivity contribution < 1.29 is 14.6 Å². The van der Waals surface area contributed by atoms with E-state index in [9.17, 15) is 9.90 Å². The highest BCUT2D eigenvalue weighted by Gasteiger charge is 2.18. The Kier molecular flexibility index (Phi) is 30.9. The molecule has 1 amide bonds. The predicted octanol–water partition coefficient (Wildman–Crippen LogP) is 10.2. The van der Waals surface area contributed by atoms with Crippen LogP contribution < -0.4 is 5.32 Å². The van der Waals surface area contributed by atoms with E-state index in [-0.39, 0.29) is 11.9 Å². The van der Waals surface area contributed by atoms with Crippen molar-refractivity contribution in [2.45, 2.75) is 193 Å². The number of aliphatic hydroxyl groups is 1. The molecule has 39 heavy (non-hydrogen) atoms. The highest BCUT2D eigenvalue weighted by molar-refractivity contribution is 5.76. The summed E-state index contributed by atoms with van der Waals surface area (Å²) >= 11 is 0. The van der Waals surface area contributed by atoms with E-state index in [0.29, 0.717) is 13.0 Å². The number of ether oxygens (including phenoxy) is 1. The molecule has 0 rings (SSSR count). The molecule has 0 aliphatic carbocycles. The highest BCUT2D eigenvalue weighted by atomic mass is 16.5. The predicted molar refractivity (Wildman–Crippen MR) is 170 cm³/mol. The Morgan fingerprint density at radius 3 is 1.44 bits per heavy atom. The number of methoxy groups -OCH3 is 1. The number of hydrogen-bond donors (Lipinski definition) is 2. The van der Waals surface area contributed by atoms with Gasteiger partial charge in [-0.05, 0) is 19.3 Å². The van der Waals surface area contributed by atoms with Gasteiger partial charge in [0, 0.05) is 13.5 Å². The fourth-order valence-corrected chi connectivity index (χ4v) is 5.28. The van der Waals surface area contributed by atoms with E-state index in [1.54, 1.807) is 7.11 Å². The highest BCUT2D eigenvalue weighted by Crippen LogP contribution is 2.14. The van der Waals surface area contributed by atoms with Gasteiger partial charge in [0.05, 0.1) is 18.8 Å². The summed E-state index contributed by atoms with van der Waals surface area (Å²) in [6.07, 6.45) is 36.5. The van der Waals surface area contributed by atoms with E-state index in [1.165, 1.54) is 141 Å². The molecule has 0 aromatic rings. The first-order chi connectivity index (χ1) is 19.2.